The van der Waals surface area contributed by atoms with Gasteiger partial charge in [-0.3, -0.25) is 4.98 Å². The van der Waals surface area contributed by atoms with Gasteiger partial charge in [-0.15, -0.1) is 0 Å². The van der Waals surface area contributed by atoms with Crippen LogP contribution in [0.3, 0.4) is 0 Å². The summed E-state index contributed by atoms with van der Waals surface area (Å²) in [7, 11) is 0. The molecule has 0 spiro atoms. The number of fused-ring (bicyclic) bond motifs is 1. The van der Waals surface area contributed by atoms with E-state index in [4.69, 9.17) is 4.63 Å². The first-order valence-electron chi connectivity index (χ1n) is 7.00. The fraction of sp³-hybridized carbons (Fsp3) is 0.385. The Morgan fingerprint density at radius 3 is 3.00 bits per heavy atom. The number of rotatable bonds is 3. The zero-order valence-electron chi connectivity index (χ0n) is 11.3. The van der Waals surface area contributed by atoms with Gasteiger partial charge < -0.3 is 15.6 Å². The van der Waals surface area contributed by atoms with Crippen LogP contribution in [0.4, 0.5) is 11.8 Å². The minimum absolute atomic E-state index is 0.367. The maximum Gasteiger partial charge on any atom is 0.207 e. The summed E-state index contributed by atoms with van der Waals surface area (Å²) >= 11 is 0. The van der Waals surface area contributed by atoms with Crippen molar-refractivity contribution in [2.45, 2.75) is 18.8 Å². The minimum atomic E-state index is 0.367. The molecule has 3 N–H and O–H groups in total. The molecule has 108 valence electrons. The monoisotopic (exact) mass is 285 g/mol. The molecule has 3 aromatic heterocycles. The van der Waals surface area contributed by atoms with Gasteiger partial charge in [0.2, 0.25) is 11.8 Å². The molecule has 3 aromatic rings. The molecular weight excluding hydrogens is 270 g/mol. The molecule has 1 fully saturated rings. The number of nitrogens with zero attached hydrogens (tertiary/aromatic N) is 4. The van der Waals surface area contributed by atoms with E-state index < -0.39 is 0 Å². The highest BCUT2D eigenvalue weighted by atomic mass is 16.6. The van der Waals surface area contributed by atoms with E-state index in [0.29, 0.717) is 17.7 Å². The summed E-state index contributed by atoms with van der Waals surface area (Å²) in [6.07, 6.45) is 5.51. The third-order valence-corrected chi connectivity index (χ3v) is 3.76. The Balaban J connectivity index is 1.60. The fourth-order valence-electron chi connectivity index (χ4n) is 2.67. The number of aromatic nitrogens is 5. The maximum absolute atomic E-state index is 4.91. The van der Waals surface area contributed by atoms with Crippen LogP contribution in [0.1, 0.15) is 24.5 Å². The summed E-state index contributed by atoms with van der Waals surface area (Å²) in [6, 6.07) is 1.88. The predicted octanol–water partition coefficient (Wildman–Crippen LogP) is 1.55. The number of nitrogens with one attached hydrogen (secondary N) is 3. The van der Waals surface area contributed by atoms with Gasteiger partial charge in [0.05, 0.1) is 11.7 Å². The van der Waals surface area contributed by atoms with Crippen molar-refractivity contribution in [3.05, 3.63) is 24.2 Å². The molecule has 0 aromatic carbocycles. The lowest BCUT2D eigenvalue weighted by molar-refractivity contribution is 0.298. The van der Waals surface area contributed by atoms with Crippen LogP contribution >= 0.6 is 0 Å². The van der Waals surface area contributed by atoms with Gasteiger partial charge >= 0.3 is 0 Å². The number of hydrogen-bond acceptors (Lipinski definition) is 7. The van der Waals surface area contributed by atoms with Crippen molar-refractivity contribution in [3.63, 3.8) is 0 Å². The molecule has 0 atom stereocenters. The summed E-state index contributed by atoms with van der Waals surface area (Å²) in [5.74, 6) is 1.61. The lowest BCUT2D eigenvalue weighted by Gasteiger charge is -2.20. The van der Waals surface area contributed by atoms with Crippen LogP contribution in [0.2, 0.25) is 0 Å². The molecule has 0 saturated carbocycles. The zero-order chi connectivity index (χ0) is 14.1. The summed E-state index contributed by atoms with van der Waals surface area (Å²) in [4.78, 5) is 11.7. The van der Waals surface area contributed by atoms with Crippen molar-refractivity contribution in [2.24, 2.45) is 0 Å². The normalized spacial score (nSPS) is 16.4. The van der Waals surface area contributed by atoms with Gasteiger partial charge in [0.1, 0.15) is 11.2 Å². The molecule has 1 aliphatic rings. The van der Waals surface area contributed by atoms with Crippen LogP contribution in [0.5, 0.6) is 0 Å². The van der Waals surface area contributed by atoms with E-state index in [2.05, 4.69) is 35.9 Å². The predicted molar refractivity (Wildman–Crippen MR) is 76.3 cm³/mol. The van der Waals surface area contributed by atoms with Crippen LogP contribution in [-0.2, 0) is 0 Å². The SMILES string of the molecule is c1cc2[nH]c(Nc3nonc3C3CCNCC3)nc2cn1. The lowest BCUT2D eigenvalue weighted by atomic mass is 9.94. The van der Waals surface area contributed by atoms with Crippen molar-refractivity contribution in [2.75, 3.05) is 18.4 Å². The van der Waals surface area contributed by atoms with Crippen LogP contribution in [0.25, 0.3) is 11.0 Å². The largest absolute Gasteiger partial charge is 0.324 e. The molecule has 8 nitrogen and oxygen atoms in total. The zero-order valence-corrected chi connectivity index (χ0v) is 11.3. The maximum atomic E-state index is 4.91. The molecule has 0 aliphatic carbocycles. The molecular formula is C13H15N7O. The number of imidazole rings is 1. The third kappa shape index (κ3) is 2.33. The second kappa shape index (κ2) is 5.13. The first kappa shape index (κ1) is 12.3. The number of aromatic amines is 1. The molecule has 1 saturated heterocycles. The highest BCUT2D eigenvalue weighted by molar-refractivity contribution is 5.77. The van der Waals surface area contributed by atoms with Gasteiger partial charge in [0.25, 0.3) is 0 Å². The quantitative estimate of drug-likeness (QED) is 0.670. The Hall–Kier alpha value is -2.48. The molecule has 0 amide bonds. The number of pyridine rings is 1. The van der Waals surface area contributed by atoms with Gasteiger partial charge in [-0.25, -0.2) is 9.61 Å². The molecule has 0 unspecified atom stereocenters. The smallest absolute Gasteiger partial charge is 0.207 e. The highest BCUT2D eigenvalue weighted by Crippen LogP contribution is 2.29. The van der Waals surface area contributed by atoms with E-state index in [1.165, 1.54) is 0 Å². The Morgan fingerprint density at radius 2 is 2.14 bits per heavy atom. The van der Waals surface area contributed by atoms with Gasteiger partial charge in [0.15, 0.2) is 0 Å². The fourth-order valence-corrected chi connectivity index (χ4v) is 2.67. The second-order valence-electron chi connectivity index (χ2n) is 5.13. The van der Waals surface area contributed by atoms with Crippen LogP contribution in [0, 0.1) is 0 Å². The summed E-state index contributed by atoms with van der Waals surface area (Å²) in [5.41, 5.74) is 2.60. The van der Waals surface area contributed by atoms with E-state index in [0.717, 1.165) is 42.7 Å². The van der Waals surface area contributed by atoms with E-state index in [1.807, 2.05) is 6.07 Å². The summed E-state index contributed by atoms with van der Waals surface area (Å²) in [5, 5.41) is 14.5. The first-order chi connectivity index (χ1) is 10.4. The number of piperidine rings is 1. The van der Waals surface area contributed by atoms with E-state index in [9.17, 15) is 0 Å². The number of anilines is 2. The van der Waals surface area contributed by atoms with Crippen LogP contribution in [0.15, 0.2) is 23.1 Å². The van der Waals surface area contributed by atoms with Gasteiger partial charge in [-0.05, 0) is 37.2 Å². The Kier molecular flexibility index (Phi) is 3.00. The molecule has 0 bridgehead atoms. The number of hydrogen-bond donors (Lipinski definition) is 3. The van der Waals surface area contributed by atoms with Crippen molar-refractivity contribution < 1.29 is 4.63 Å². The average molecular weight is 285 g/mol. The molecule has 8 heteroatoms. The molecule has 21 heavy (non-hydrogen) atoms. The molecule has 1 aliphatic heterocycles. The van der Waals surface area contributed by atoms with Gasteiger partial charge in [-0.2, -0.15) is 0 Å². The van der Waals surface area contributed by atoms with Crippen molar-refractivity contribution in [1.82, 2.24) is 30.6 Å². The van der Waals surface area contributed by atoms with Crippen molar-refractivity contribution in [3.8, 4) is 0 Å². The molecule has 0 radical (unpaired) electrons. The Labute approximate surface area is 120 Å². The second-order valence-corrected chi connectivity index (χ2v) is 5.13. The topological polar surface area (TPSA) is 105 Å². The Morgan fingerprint density at radius 1 is 1.24 bits per heavy atom. The molecule has 4 heterocycles. The van der Waals surface area contributed by atoms with Crippen molar-refractivity contribution in [1.29, 1.82) is 0 Å². The number of H-pyrrole nitrogens is 1. The van der Waals surface area contributed by atoms with E-state index >= 15 is 0 Å². The standard InChI is InChI=1S/C13H15N7O/c1-4-14-5-2-8(1)11-12(20-21-19-11)18-13-16-9-3-6-15-7-10(9)17-13/h3,6-8,14H,1-2,4-5H2,(H2,16,17,18,20). The van der Waals surface area contributed by atoms with Gasteiger partial charge in [-0.1, -0.05) is 5.16 Å². The first-order valence-corrected chi connectivity index (χ1v) is 7.00. The molecule has 4 rings (SSSR count). The lowest BCUT2D eigenvalue weighted by Crippen LogP contribution is -2.27. The van der Waals surface area contributed by atoms with Crippen LogP contribution < -0.4 is 10.6 Å². The van der Waals surface area contributed by atoms with Crippen LogP contribution in [-0.4, -0.2) is 38.4 Å². The van der Waals surface area contributed by atoms with Crippen molar-refractivity contribution >= 4 is 22.8 Å². The minimum Gasteiger partial charge on any atom is -0.324 e. The van der Waals surface area contributed by atoms with E-state index in [1.54, 1.807) is 12.4 Å². The summed E-state index contributed by atoms with van der Waals surface area (Å²) < 4.78 is 4.91. The van der Waals surface area contributed by atoms with E-state index in [-0.39, 0.29) is 0 Å². The Bertz CT molecular complexity index is 711. The average Bonchev–Trinajstić information content (AvgIpc) is 3.14. The highest BCUT2D eigenvalue weighted by Gasteiger charge is 2.23. The van der Waals surface area contributed by atoms with Gasteiger partial charge in [0, 0.05) is 12.1 Å². The third-order valence-electron chi connectivity index (χ3n) is 3.76. The summed E-state index contributed by atoms with van der Waals surface area (Å²) in [6.45, 7) is 1.99.